The predicted molar refractivity (Wildman–Crippen MR) is 128 cm³/mol. The average Bonchev–Trinajstić information content (AvgIpc) is 2.88. The van der Waals surface area contributed by atoms with Crippen LogP contribution in [0.5, 0.6) is 0 Å². The predicted octanol–water partition coefficient (Wildman–Crippen LogP) is 4.23. The van der Waals surface area contributed by atoms with E-state index in [4.69, 9.17) is 9.47 Å². The quantitative estimate of drug-likeness (QED) is 0.527. The molecule has 6 heteroatoms. The van der Waals surface area contributed by atoms with Crippen LogP contribution in [-0.2, 0) is 19.1 Å². The van der Waals surface area contributed by atoms with E-state index < -0.39 is 5.97 Å². The van der Waals surface area contributed by atoms with Crippen LogP contribution in [0, 0.1) is 0 Å². The number of hydrogen-bond donors (Lipinski definition) is 1. The fourth-order valence-electron chi connectivity index (χ4n) is 3.94. The van der Waals surface area contributed by atoms with Crippen molar-refractivity contribution in [1.29, 1.82) is 0 Å². The van der Waals surface area contributed by atoms with E-state index in [1.807, 2.05) is 84.9 Å². The fourth-order valence-corrected chi connectivity index (χ4v) is 3.94. The van der Waals surface area contributed by atoms with Gasteiger partial charge in [-0.25, -0.2) is 0 Å². The second-order valence-corrected chi connectivity index (χ2v) is 7.93. The Morgan fingerprint density at radius 2 is 1.42 bits per heavy atom. The first-order valence-electron chi connectivity index (χ1n) is 11.2. The Labute approximate surface area is 194 Å². The van der Waals surface area contributed by atoms with Crippen molar-refractivity contribution in [3.8, 4) is 0 Å². The highest BCUT2D eigenvalue weighted by Crippen LogP contribution is 2.28. The van der Waals surface area contributed by atoms with Gasteiger partial charge in [-0.05, 0) is 35.4 Å². The van der Waals surface area contributed by atoms with E-state index in [9.17, 15) is 9.59 Å². The third-order valence-electron chi connectivity index (χ3n) is 5.67. The van der Waals surface area contributed by atoms with Gasteiger partial charge in [0.05, 0.1) is 19.6 Å². The van der Waals surface area contributed by atoms with Crippen LogP contribution in [0.3, 0.4) is 0 Å². The van der Waals surface area contributed by atoms with Gasteiger partial charge in [-0.1, -0.05) is 60.7 Å². The summed E-state index contributed by atoms with van der Waals surface area (Å²) in [6.07, 6.45) is 0.162. The lowest BCUT2D eigenvalue weighted by Crippen LogP contribution is -2.36. The third-order valence-corrected chi connectivity index (χ3v) is 5.67. The Morgan fingerprint density at radius 3 is 2.00 bits per heavy atom. The Bertz CT molecular complexity index is 993. The normalized spacial score (nSPS) is 13.5. The molecule has 0 bridgehead atoms. The minimum absolute atomic E-state index is 0.129. The van der Waals surface area contributed by atoms with Gasteiger partial charge in [-0.2, -0.15) is 0 Å². The standard InChI is InChI=1S/C27H28N2O4/c30-26(28-23-11-13-24(14-12-23)29-15-17-32-18-16-29)20-33-27(31)19-25(21-7-3-1-4-8-21)22-9-5-2-6-10-22/h1-14,25H,15-20H2,(H,28,30). The number of carbonyl (C=O) groups excluding carboxylic acids is 2. The van der Waals surface area contributed by atoms with Crippen molar-refractivity contribution in [1.82, 2.24) is 0 Å². The molecule has 0 aliphatic carbocycles. The molecule has 4 rings (SSSR count). The smallest absolute Gasteiger partial charge is 0.307 e. The zero-order valence-electron chi connectivity index (χ0n) is 18.5. The number of rotatable bonds is 8. The summed E-state index contributed by atoms with van der Waals surface area (Å²) in [6, 6.07) is 27.3. The van der Waals surface area contributed by atoms with E-state index in [1.165, 1.54) is 0 Å². The summed E-state index contributed by atoms with van der Waals surface area (Å²) in [7, 11) is 0. The van der Waals surface area contributed by atoms with E-state index in [2.05, 4.69) is 10.2 Å². The molecular weight excluding hydrogens is 416 g/mol. The Hall–Kier alpha value is -3.64. The molecule has 0 radical (unpaired) electrons. The molecule has 0 spiro atoms. The number of carbonyl (C=O) groups is 2. The maximum absolute atomic E-state index is 12.6. The van der Waals surface area contributed by atoms with Crippen molar-refractivity contribution in [2.24, 2.45) is 0 Å². The summed E-state index contributed by atoms with van der Waals surface area (Å²) in [6.45, 7) is 2.84. The number of hydrogen-bond acceptors (Lipinski definition) is 5. The van der Waals surface area contributed by atoms with Gasteiger partial charge in [0.2, 0.25) is 0 Å². The van der Waals surface area contributed by atoms with Crippen LogP contribution in [0.15, 0.2) is 84.9 Å². The topological polar surface area (TPSA) is 67.9 Å². The van der Waals surface area contributed by atoms with Crippen LogP contribution in [0.2, 0.25) is 0 Å². The van der Waals surface area contributed by atoms with Crippen molar-refractivity contribution >= 4 is 23.3 Å². The van der Waals surface area contributed by atoms with Gasteiger partial charge in [-0.3, -0.25) is 9.59 Å². The van der Waals surface area contributed by atoms with Gasteiger partial charge in [0.25, 0.3) is 5.91 Å². The number of amides is 1. The van der Waals surface area contributed by atoms with Gasteiger partial charge in [0, 0.05) is 30.4 Å². The van der Waals surface area contributed by atoms with Crippen molar-refractivity contribution in [3.63, 3.8) is 0 Å². The van der Waals surface area contributed by atoms with Crippen LogP contribution >= 0.6 is 0 Å². The monoisotopic (exact) mass is 444 g/mol. The van der Waals surface area contributed by atoms with Crippen molar-refractivity contribution in [2.45, 2.75) is 12.3 Å². The number of ether oxygens (including phenoxy) is 2. The molecule has 1 saturated heterocycles. The number of benzene rings is 3. The number of nitrogens with one attached hydrogen (secondary N) is 1. The largest absolute Gasteiger partial charge is 0.456 e. The van der Waals surface area contributed by atoms with Crippen molar-refractivity contribution in [2.75, 3.05) is 43.1 Å². The first-order chi connectivity index (χ1) is 16.2. The molecule has 1 fully saturated rings. The summed E-state index contributed by atoms with van der Waals surface area (Å²) in [5.41, 5.74) is 3.83. The number of nitrogens with zero attached hydrogens (tertiary/aromatic N) is 1. The minimum atomic E-state index is -0.412. The van der Waals surface area contributed by atoms with E-state index >= 15 is 0 Å². The molecule has 33 heavy (non-hydrogen) atoms. The lowest BCUT2D eigenvalue weighted by Gasteiger charge is -2.28. The lowest BCUT2D eigenvalue weighted by molar-refractivity contribution is -0.147. The number of esters is 1. The number of anilines is 2. The number of morpholine rings is 1. The highest BCUT2D eigenvalue weighted by molar-refractivity contribution is 5.93. The molecule has 0 unspecified atom stereocenters. The Kier molecular flexibility index (Phi) is 7.72. The van der Waals surface area contributed by atoms with Crippen LogP contribution < -0.4 is 10.2 Å². The molecule has 0 aromatic heterocycles. The summed E-state index contributed by atoms with van der Waals surface area (Å²) in [4.78, 5) is 27.1. The molecule has 1 amide bonds. The highest BCUT2D eigenvalue weighted by Gasteiger charge is 2.20. The maximum atomic E-state index is 12.6. The van der Waals surface area contributed by atoms with Crippen molar-refractivity contribution < 1.29 is 19.1 Å². The summed E-state index contributed by atoms with van der Waals surface area (Å²) in [5.74, 6) is -0.903. The molecule has 1 heterocycles. The fraction of sp³-hybridized carbons (Fsp3) is 0.259. The maximum Gasteiger partial charge on any atom is 0.307 e. The van der Waals surface area contributed by atoms with Crippen LogP contribution in [0.1, 0.15) is 23.5 Å². The van der Waals surface area contributed by atoms with Gasteiger partial charge >= 0.3 is 5.97 Å². The summed E-state index contributed by atoms with van der Waals surface area (Å²) >= 11 is 0. The molecule has 0 saturated carbocycles. The molecular formula is C27H28N2O4. The van der Waals surface area contributed by atoms with Gasteiger partial charge in [-0.15, -0.1) is 0 Å². The van der Waals surface area contributed by atoms with Crippen LogP contribution in [0.25, 0.3) is 0 Å². The molecule has 1 aliphatic heterocycles. The van der Waals surface area contributed by atoms with E-state index in [0.29, 0.717) is 5.69 Å². The Balaban J connectivity index is 1.30. The van der Waals surface area contributed by atoms with E-state index in [0.717, 1.165) is 43.1 Å². The first kappa shape index (κ1) is 22.6. The third kappa shape index (κ3) is 6.43. The van der Waals surface area contributed by atoms with Gasteiger partial charge < -0.3 is 19.7 Å². The van der Waals surface area contributed by atoms with Gasteiger partial charge in [0.15, 0.2) is 6.61 Å². The zero-order valence-corrected chi connectivity index (χ0v) is 18.5. The second kappa shape index (κ2) is 11.3. The molecule has 3 aromatic rings. The zero-order chi connectivity index (χ0) is 22.9. The van der Waals surface area contributed by atoms with Crippen LogP contribution in [0.4, 0.5) is 11.4 Å². The minimum Gasteiger partial charge on any atom is -0.456 e. The second-order valence-electron chi connectivity index (χ2n) is 7.93. The summed E-state index contributed by atoms with van der Waals surface area (Å²) < 4.78 is 10.7. The molecule has 1 aliphatic rings. The Morgan fingerprint density at radius 1 is 0.848 bits per heavy atom. The van der Waals surface area contributed by atoms with Gasteiger partial charge in [0.1, 0.15) is 0 Å². The van der Waals surface area contributed by atoms with Crippen molar-refractivity contribution in [3.05, 3.63) is 96.1 Å². The molecule has 3 aromatic carbocycles. The van der Waals surface area contributed by atoms with E-state index in [-0.39, 0.29) is 24.9 Å². The first-order valence-corrected chi connectivity index (χ1v) is 11.2. The highest BCUT2D eigenvalue weighted by atomic mass is 16.5. The SMILES string of the molecule is O=C(COC(=O)CC(c1ccccc1)c1ccccc1)Nc1ccc(N2CCOCC2)cc1. The molecule has 0 atom stereocenters. The average molecular weight is 445 g/mol. The molecule has 1 N–H and O–H groups in total. The summed E-state index contributed by atoms with van der Waals surface area (Å²) in [5, 5.41) is 2.78. The lowest BCUT2D eigenvalue weighted by atomic mass is 9.89. The van der Waals surface area contributed by atoms with Crippen LogP contribution in [-0.4, -0.2) is 44.8 Å². The van der Waals surface area contributed by atoms with E-state index in [1.54, 1.807) is 0 Å². The molecule has 170 valence electrons. The molecule has 6 nitrogen and oxygen atoms in total.